The molecule has 0 saturated carbocycles. The van der Waals surface area contributed by atoms with Gasteiger partial charge in [0.1, 0.15) is 0 Å². The fourth-order valence-corrected chi connectivity index (χ4v) is 2.08. The molecule has 0 bridgehead atoms. The van der Waals surface area contributed by atoms with Gasteiger partial charge in [-0.3, -0.25) is 0 Å². The molecule has 0 radical (unpaired) electrons. The maximum Gasteiger partial charge on any atom is 0.392 e. The van der Waals surface area contributed by atoms with Gasteiger partial charge in [-0.05, 0) is 24.4 Å². The van der Waals surface area contributed by atoms with E-state index in [1.54, 1.807) is 0 Å². The first-order chi connectivity index (χ1) is 9.30. The van der Waals surface area contributed by atoms with Crippen LogP contribution in [0.3, 0.4) is 0 Å². The zero-order chi connectivity index (χ0) is 16.7. The van der Waals surface area contributed by atoms with E-state index in [2.05, 4.69) is 21.1 Å². The molecule has 1 saturated heterocycles. The van der Waals surface area contributed by atoms with Crippen molar-refractivity contribution in [1.29, 1.82) is 0 Å². The van der Waals surface area contributed by atoms with Gasteiger partial charge in [0.25, 0.3) is 0 Å². The van der Waals surface area contributed by atoms with Gasteiger partial charge in [0, 0.05) is 13.7 Å². The van der Waals surface area contributed by atoms with Crippen LogP contribution in [0.2, 0.25) is 0 Å². The van der Waals surface area contributed by atoms with Crippen LogP contribution in [0, 0.1) is 5.92 Å². The summed E-state index contributed by atoms with van der Waals surface area (Å²) in [5.41, 5.74) is 0. The molecule has 0 aromatic carbocycles. The van der Waals surface area contributed by atoms with E-state index in [4.69, 9.17) is 0 Å². The first-order valence-electron chi connectivity index (χ1n) is 5.65. The predicted molar refractivity (Wildman–Crippen MR) is 55.1 cm³/mol. The third-order valence-corrected chi connectivity index (χ3v) is 3.37. The molecule has 0 N–H and O–H groups in total. The molecule has 1 fully saturated rings. The normalized spacial score (nSPS) is 26.0. The third kappa shape index (κ3) is 2.94. The molecule has 1 aliphatic heterocycles. The average molecular weight is 351 g/mol. The van der Waals surface area contributed by atoms with Gasteiger partial charge in [0.15, 0.2) is 6.29 Å². The summed E-state index contributed by atoms with van der Waals surface area (Å²) < 4.78 is 114. The van der Waals surface area contributed by atoms with Crippen LogP contribution in [0.25, 0.3) is 0 Å². The van der Waals surface area contributed by atoms with Gasteiger partial charge in [0.2, 0.25) is 0 Å². The average Bonchev–Trinajstić information content (AvgIpc) is 2.36. The Kier molecular flexibility index (Phi) is 5.07. The zero-order valence-electron chi connectivity index (χ0n) is 10.5. The molecule has 2 atom stereocenters. The van der Waals surface area contributed by atoms with Crippen molar-refractivity contribution in [2.45, 2.75) is 42.3 Å². The fraction of sp³-hybridized carbons (Fsp3) is 1.00. The summed E-state index contributed by atoms with van der Waals surface area (Å²) in [5, 5.41) is -5.85. The Morgan fingerprint density at radius 1 is 1.00 bits per heavy atom. The zero-order valence-corrected chi connectivity index (χ0v) is 11.3. The standard InChI is InChI=1S/C10H11ClF8O2/c1-20-6-5(3-2-4-21-6)7(12,13)8(14,15)9(16,17)10(11,18)19/h5-6H,2-4H2,1H3. The summed E-state index contributed by atoms with van der Waals surface area (Å²) in [6, 6.07) is 0. The van der Waals surface area contributed by atoms with Crippen molar-refractivity contribution in [2.24, 2.45) is 5.92 Å². The number of ether oxygens (including phenoxy) is 2. The van der Waals surface area contributed by atoms with E-state index >= 15 is 0 Å². The number of alkyl halides is 9. The topological polar surface area (TPSA) is 18.5 Å². The first kappa shape index (κ1) is 18.7. The highest BCUT2D eigenvalue weighted by Gasteiger charge is 2.82. The molecular weight excluding hydrogens is 340 g/mol. The van der Waals surface area contributed by atoms with E-state index in [9.17, 15) is 35.1 Å². The lowest BCUT2D eigenvalue weighted by atomic mass is 9.86. The van der Waals surface area contributed by atoms with Crippen LogP contribution < -0.4 is 0 Å². The first-order valence-corrected chi connectivity index (χ1v) is 6.03. The summed E-state index contributed by atoms with van der Waals surface area (Å²) in [6.07, 6.45) is -2.72. The highest BCUT2D eigenvalue weighted by atomic mass is 35.5. The van der Waals surface area contributed by atoms with Gasteiger partial charge in [-0.15, -0.1) is 0 Å². The maximum atomic E-state index is 13.8. The highest BCUT2D eigenvalue weighted by Crippen LogP contribution is 2.57. The Morgan fingerprint density at radius 2 is 1.52 bits per heavy atom. The lowest BCUT2D eigenvalue weighted by molar-refractivity contribution is -0.376. The molecule has 2 nitrogen and oxygen atoms in total. The van der Waals surface area contributed by atoms with Gasteiger partial charge in [0.05, 0.1) is 5.92 Å². The second-order valence-electron chi connectivity index (χ2n) is 4.49. The minimum atomic E-state index is -6.46. The second kappa shape index (κ2) is 5.69. The van der Waals surface area contributed by atoms with Crippen molar-refractivity contribution in [2.75, 3.05) is 13.7 Å². The Hall–Kier alpha value is -0.350. The Bertz CT molecular complexity index is 371. The molecule has 1 aliphatic rings. The van der Waals surface area contributed by atoms with Crippen molar-refractivity contribution in [1.82, 2.24) is 0 Å². The summed E-state index contributed by atoms with van der Waals surface area (Å²) in [4.78, 5) is 0. The Labute approximate surface area is 119 Å². The Morgan fingerprint density at radius 3 is 1.95 bits per heavy atom. The SMILES string of the molecule is COC1OCCCC1C(F)(F)C(F)(F)C(F)(F)C(F)(F)Cl. The molecule has 0 aromatic heterocycles. The highest BCUT2D eigenvalue weighted by molar-refractivity contribution is 6.22. The lowest BCUT2D eigenvalue weighted by Crippen LogP contribution is -2.64. The van der Waals surface area contributed by atoms with Crippen molar-refractivity contribution >= 4 is 11.6 Å². The molecular formula is C10H11ClF8O2. The monoisotopic (exact) mass is 350 g/mol. The van der Waals surface area contributed by atoms with E-state index < -0.39 is 41.8 Å². The minimum absolute atomic E-state index is 0.112. The van der Waals surface area contributed by atoms with Crippen molar-refractivity contribution in [3.8, 4) is 0 Å². The minimum Gasteiger partial charge on any atom is -0.355 e. The van der Waals surface area contributed by atoms with Crippen LogP contribution in [0.4, 0.5) is 35.1 Å². The number of rotatable bonds is 5. The molecule has 0 aromatic rings. The van der Waals surface area contributed by atoms with Crippen LogP contribution >= 0.6 is 11.6 Å². The summed E-state index contributed by atoms with van der Waals surface area (Å²) in [5.74, 6) is -20.9. The van der Waals surface area contributed by atoms with Crippen molar-refractivity contribution in [3.05, 3.63) is 0 Å². The third-order valence-electron chi connectivity index (χ3n) is 3.14. The fourth-order valence-electron chi connectivity index (χ4n) is 1.96. The van der Waals surface area contributed by atoms with E-state index in [1.807, 2.05) is 0 Å². The molecule has 21 heavy (non-hydrogen) atoms. The lowest BCUT2D eigenvalue weighted by Gasteiger charge is -2.41. The molecule has 2 unspecified atom stereocenters. The van der Waals surface area contributed by atoms with Gasteiger partial charge >= 0.3 is 23.1 Å². The molecule has 0 spiro atoms. The maximum absolute atomic E-state index is 13.8. The largest absolute Gasteiger partial charge is 0.392 e. The van der Waals surface area contributed by atoms with Crippen LogP contribution in [-0.4, -0.2) is 43.2 Å². The Balaban J connectivity index is 3.20. The van der Waals surface area contributed by atoms with Crippen LogP contribution in [0.5, 0.6) is 0 Å². The van der Waals surface area contributed by atoms with Crippen LogP contribution in [0.15, 0.2) is 0 Å². The molecule has 126 valence electrons. The molecule has 1 heterocycles. The number of hydrogen-bond acceptors (Lipinski definition) is 2. The van der Waals surface area contributed by atoms with Crippen LogP contribution in [0.1, 0.15) is 12.8 Å². The van der Waals surface area contributed by atoms with Crippen molar-refractivity contribution < 1.29 is 44.6 Å². The summed E-state index contributed by atoms with van der Waals surface area (Å²) in [7, 11) is 0.839. The molecule has 1 rings (SSSR count). The number of methoxy groups -OCH3 is 1. The summed E-state index contributed by atoms with van der Waals surface area (Å²) in [6.45, 7) is -0.112. The van der Waals surface area contributed by atoms with Crippen LogP contribution in [-0.2, 0) is 9.47 Å². The molecule has 11 heteroatoms. The van der Waals surface area contributed by atoms with Gasteiger partial charge in [-0.2, -0.15) is 35.1 Å². The quantitative estimate of drug-likeness (QED) is 0.548. The summed E-state index contributed by atoms with van der Waals surface area (Å²) >= 11 is 3.87. The second-order valence-corrected chi connectivity index (χ2v) is 4.97. The van der Waals surface area contributed by atoms with Crippen molar-refractivity contribution in [3.63, 3.8) is 0 Å². The number of hydrogen-bond donors (Lipinski definition) is 0. The smallest absolute Gasteiger partial charge is 0.355 e. The van der Waals surface area contributed by atoms with E-state index in [1.165, 1.54) is 0 Å². The van der Waals surface area contributed by atoms with Gasteiger partial charge in [-0.25, -0.2) is 0 Å². The van der Waals surface area contributed by atoms with Gasteiger partial charge in [-0.1, -0.05) is 0 Å². The van der Waals surface area contributed by atoms with E-state index in [0.717, 1.165) is 7.11 Å². The number of halogens is 9. The van der Waals surface area contributed by atoms with E-state index in [0.29, 0.717) is 0 Å². The van der Waals surface area contributed by atoms with Gasteiger partial charge < -0.3 is 9.47 Å². The van der Waals surface area contributed by atoms with E-state index in [-0.39, 0.29) is 13.0 Å². The molecule has 0 aliphatic carbocycles. The molecule has 0 amide bonds. The predicted octanol–water partition coefficient (Wildman–Crippen LogP) is 4.12.